The summed E-state index contributed by atoms with van der Waals surface area (Å²) in [4.78, 5) is 6.50. The molecule has 5 atom stereocenters. The number of hydrogen-bond donors (Lipinski definition) is 2. The summed E-state index contributed by atoms with van der Waals surface area (Å²) < 4.78 is 17.1. The minimum Gasteiger partial charge on any atom is -0.497 e. The van der Waals surface area contributed by atoms with Gasteiger partial charge in [-0.2, -0.15) is 0 Å². The number of nitrogens with zero attached hydrogens (tertiary/aromatic N) is 2. The highest BCUT2D eigenvalue weighted by Crippen LogP contribution is 2.31. The topological polar surface area (TPSA) is 76.1 Å². The van der Waals surface area contributed by atoms with Crippen molar-refractivity contribution in [2.24, 2.45) is 0 Å². The summed E-state index contributed by atoms with van der Waals surface area (Å²) in [7, 11) is 3.66. The number of pyridine rings is 1. The third-order valence-electron chi connectivity index (χ3n) is 5.79. The highest BCUT2D eigenvalue weighted by molar-refractivity contribution is 5.27. The van der Waals surface area contributed by atoms with E-state index in [1.807, 2.05) is 49.5 Å². The second-order valence-corrected chi connectivity index (χ2v) is 7.66. The Hall–Kier alpha value is -2.03. The molecule has 1 aromatic heterocycles. The van der Waals surface area contributed by atoms with Gasteiger partial charge in [0.25, 0.3) is 0 Å². The fourth-order valence-electron chi connectivity index (χ4n) is 4.09. The van der Waals surface area contributed by atoms with Gasteiger partial charge < -0.3 is 24.6 Å². The number of hydrogen-bond acceptors (Lipinski definition) is 7. The molecular weight excluding hydrogens is 370 g/mol. The number of aliphatic hydroxyl groups is 1. The molecule has 0 radical (unpaired) electrons. The van der Waals surface area contributed by atoms with Gasteiger partial charge in [-0.15, -0.1) is 0 Å². The van der Waals surface area contributed by atoms with Gasteiger partial charge >= 0.3 is 0 Å². The third-order valence-corrected chi connectivity index (χ3v) is 5.79. The third kappa shape index (κ3) is 4.60. The van der Waals surface area contributed by atoms with Crippen molar-refractivity contribution in [2.75, 3.05) is 27.3 Å². The Bertz CT molecular complexity index is 773. The maximum Gasteiger partial charge on any atom is 0.176 e. The van der Waals surface area contributed by atoms with Crippen LogP contribution in [0.5, 0.6) is 5.75 Å². The van der Waals surface area contributed by atoms with E-state index in [0.717, 1.165) is 30.0 Å². The second-order valence-electron chi connectivity index (χ2n) is 7.66. The molecule has 2 N–H and O–H groups in total. The second kappa shape index (κ2) is 9.19. The van der Waals surface area contributed by atoms with E-state index in [4.69, 9.17) is 14.2 Å². The normalized spacial score (nSPS) is 28.6. The highest BCUT2D eigenvalue weighted by Gasteiger charge is 2.51. The van der Waals surface area contributed by atoms with Crippen molar-refractivity contribution in [3.63, 3.8) is 0 Å². The molecule has 1 aromatic carbocycles. The summed E-state index contributed by atoms with van der Waals surface area (Å²) in [5.74, 6) is 0.830. The van der Waals surface area contributed by atoms with Gasteiger partial charge in [0.05, 0.1) is 31.9 Å². The molecule has 0 saturated carbocycles. The van der Waals surface area contributed by atoms with Crippen LogP contribution < -0.4 is 10.1 Å². The molecule has 0 aliphatic carbocycles. The number of benzene rings is 1. The van der Waals surface area contributed by atoms with Crippen LogP contribution in [0.3, 0.4) is 0 Å². The van der Waals surface area contributed by atoms with Crippen molar-refractivity contribution in [3.05, 3.63) is 59.9 Å². The number of likely N-dealkylation sites (N-methyl/N-ethyl adjacent to an activating group) is 1. The molecule has 156 valence electrons. The smallest absolute Gasteiger partial charge is 0.176 e. The van der Waals surface area contributed by atoms with Crippen molar-refractivity contribution in [2.45, 2.75) is 43.5 Å². The van der Waals surface area contributed by atoms with Crippen LogP contribution >= 0.6 is 0 Å². The van der Waals surface area contributed by atoms with E-state index in [0.29, 0.717) is 13.2 Å². The monoisotopic (exact) mass is 399 g/mol. The van der Waals surface area contributed by atoms with Crippen LogP contribution in [0.25, 0.3) is 0 Å². The lowest BCUT2D eigenvalue weighted by Crippen LogP contribution is -2.63. The van der Waals surface area contributed by atoms with Gasteiger partial charge in [0.15, 0.2) is 6.29 Å². The molecule has 2 saturated heterocycles. The number of fused-ring (bicyclic) bond motifs is 2. The van der Waals surface area contributed by atoms with Gasteiger partial charge in [0, 0.05) is 31.4 Å². The lowest BCUT2D eigenvalue weighted by molar-refractivity contribution is -0.178. The maximum absolute atomic E-state index is 11.1. The average molecular weight is 399 g/mol. The molecule has 2 bridgehead atoms. The predicted molar refractivity (Wildman–Crippen MR) is 109 cm³/mol. The first kappa shape index (κ1) is 20.3. The fraction of sp³-hybridized carbons (Fsp3) is 0.500. The quantitative estimate of drug-likeness (QED) is 0.691. The van der Waals surface area contributed by atoms with Crippen LogP contribution in [0.4, 0.5) is 0 Å². The van der Waals surface area contributed by atoms with Crippen LogP contribution in [0.15, 0.2) is 48.7 Å². The summed E-state index contributed by atoms with van der Waals surface area (Å²) in [6.07, 6.45) is 1.47. The van der Waals surface area contributed by atoms with E-state index in [1.54, 1.807) is 13.3 Å². The number of aromatic nitrogens is 1. The first-order valence-electron chi connectivity index (χ1n) is 10.1. The van der Waals surface area contributed by atoms with Crippen molar-refractivity contribution in [3.8, 4) is 5.75 Å². The van der Waals surface area contributed by atoms with E-state index in [2.05, 4.69) is 15.2 Å². The first-order chi connectivity index (χ1) is 14.2. The summed E-state index contributed by atoms with van der Waals surface area (Å²) in [6.45, 7) is 1.89. The van der Waals surface area contributed by atoms with Crippen LogP contribution in [0.1, 0.15) is 11.3 Å². The van der Waals surface area contributed by atoms with E-state index in [1.165, 1.54) is 0 Å². The minimum atomic E-state index is -0.590. The zero-order valence-electron chi connectivity index (χ0n) is 16.9. The molecule has 7 nitrogen and oxygen atoms in total. The Morgan fingerprint density at radius 2 is 2.07 bits per heavy atom. The lowest BCUT2D eigenvalue weighted by atomic mass is 9.94. The summed E-state index contributed by atoms with van der Waals surface area (Å²) >= 11 is 0. The van der Waals surface area contributed by atoms with Gasteiger partial charge in [-0.3, -0.25) is 9.88 Å². The molecular formula is C22H29N3O4. The summed E-state index contributed by atoms with van der Waals surface area (Å²) in [6, 6.07) is 13.4. The van der Waals surface area contributed by atoms with Crippen molar-refractivity contribution < 1.29 is 19.3 Å². The number of rotatable bonds is 8. The van der Waals surface area contributed by atoms with E-state index in [9.17, 15) is 5.11 Å². The predicted octanol–water partition coefficient (Wildman–Crippen LogP) is 1.21. The summed E-state index contributed by atoms with van der Waals surface area (Å²) in [5.41, 5.74) is 2.16. The Kier molecular flexibility index (Phi) is 6.42. The Morgan fingerprint density at radius 3 is 2.79 bits per heavy atom. The lowest BCUT2D eigenvalue weighted by Gasteiger charge is -2.42. The minimum absolute atomic E-state index is 0.145. The first-order valence-corrected chi connectivity index (χ1v) is 10.1. The SMILES string of the molecule is COc1ccc(CNC2C3COC(O3)C(N(C)CCc3ccccn3)C2O)cc1. The Labute approximate surface area is 171 Å². The van der Waals surface area contributed by atoms with Gasteiger partial charge in [-0.25, -0.2) is 0 Å². The van der Waals surface area contributed by atoms with Gasteiger partial charge in [0.2, 0.25) is 0 Å². The largest absolute Gasteiger partial charge is 0.497 e. The van der Waals surface area contributed by atoms with Gasteiger partial charge in [-0.05, 0) is 36.9 Å². The molecule has 0 amide bonds. The molecule has 2 aliphatic rings. The molecule has 2 aromatic rings. The standard InChI is InChI=1S/C22H29N3O4/c1-25(12-10-16-5-3-4-11-23-16)20-21(26)19(18-14-28-22(20)29-18)24-13-15-6-8-17(27-2)9-7-15/h3-9,11,18-22,24,26H,10,12-14H2,1-2H3. The van der Waals surface area contributed by atoms with Crippen LogP contribution in [0.2, 0.25) is 0 Å². The van der Waals surface area contributed by atoms with Crippen LogP contribution in [0, 0.1) is 0 Å². The number of ether oxygens (including phenoxy) is 3. The van der Waals surface area contributed by atoms with Crippen LogP contribution in [-0.2, 0) is 22.4 Å². The molecule has 7 heteroatoms. The average Bonchev–Trinajstić information content (AvgIpc) is 3.18. The van der Waals surface area contributed by atoms with E-state index in [-0.39, 0.29) is 18.2 Å². The van der Waals surface area contributed by atoms with Gasteiger partial charge in [0.1, 0.15) is 11.9 Å². The van der Waals surface area contributed by atoms with Crippen molar-refractivity contribution >= 4 is 0 Å². The highest BCUT2D eigenvalue weighted by atomic mass is 16.7. The maximum atomic E-state index is 11.1. The van der Waals surface area contributed by atoms with Crippen molar-refractivity contribution in [1.29, 1.82) is 0 Å². The molecule has 4 rings (SSSR count). The molecule has 5 unspecified atom stereocenters. The van der Waals surface area contributed by atoms with Crippen LogP contribution in [-0.4, -0.2) is 72.9 Å². The molecule has 2 aliphatic heterocycles. The van der Waals surface area contributed by atoms with Crippen molar-refractivity contribution in [1.82, 2.24) is 15.2 Å². The summed E-state index contributed by atoms with van der Waals surface area (Å²) in [5, 5.41) is 14.6. The molecule has 29 heavy (non-hydrogen) atoms. The zero-order valence-corrected chi connectivity index (χ0v) is 16.9. The number of aliphatic hydroxyl groups excluding tert-OH is 1. The van der Waals surface area contributed by atoms with Gasteiger partial charge in [-0.1, -0.05) is 18.2 Å². The Balaban J connectivity index is 1.38. The molecule has 2 fully saturated rings. The number of nitrogens with one attached hydrogen (secondary N) is 1. The number of methoxy groups -OCH3 is 1. The molecule has 0 spiro atoms. The van der Waals surface area contributed by atoms with E-state index < -0.39 is 12.4 Å². The Morgan fingerprint density at radius 1 is 1.24 bits per heavy atom. The molecule has 3 heterocycles. The van der Waals surface area contributed by atoms with E-state index >= 15 is 0 Å². The zero-order chi connectivity index (χ0) is 20.2. The fourth-order valence-corrected chi connectivity index (χ4v) is 4.09.